The zero-order valence-electron chi connectivity index (χ0n) is 22.9. The van der Waals surface area contributed by atoms with Crippen LogP contribution in [0.1, 0.15) is 67.2 Å². The van der Waals surface area contributed by atoms with Gasteiger partial charge in [-0.25, -0.2) is 4.68 Å². The highest BCUT2D eigenvalue weighted by Gasteiger charge is 2.34. The van der Waals surface area contributed by atoms with Crippen LogP contribution in [-0.4, -0.2) is 68.0 Å². The molecule has 4 aromatic rings. The second kappa shape index (κ2) is 10.7. The molecule has 40 heavy (non-hydrogen) atoms. The summed E-state index contributed by atoms with van der Waals surface area (Å²) in [6.45, 7) is 6.63. The van der Waals surface area contributed by atoms with E-state index in [1.165, 1.54) is 24.0 Å². The van der Waals surface area contributed by atoms with E-state index in [1.54, 1.807) is 0 Å². The Balaban J connectivity index is 1.19. The fourth-order valence-corrected chi connectivity index (χ4v) is 6.46. The normalized spacial score (nSPS) is 19.0. The molecule has 7 rings (SSSR count). The van der Waals surface area contributed by atoms with Crippen LogP contribution in [0.15, 0.2) is 47.3 Å². The quantitative estimate of drug-likeness (QED) is 0.377. The van der Waals surface area contributed by atoms with Gasteiger partial charge in [0.1, 0.15) is 6.04 Å². The SMILES string of the molecule is CCc1ccc2[nH]c(=O)c([C@@H](c3nnnn3C3CCCC3)N3CCN(Cc4ccc5c(c4)OCO5)CC3)cc2c1. The van der Waals surface area contributed by atoms with Crippen LogP contribution in [0, 0.1) is 0 Å². The van der Waals surface area contributed by atoms with E-state index in [9.17, 15) is 4.79 Å². The van der Waals surface area contributed by atoms with Gasteiger partial charge in [0, 0.05) is 43.8 Å². The number of benzene rings is 2. The van der Waals surface area contributed by atoms with Gasteiger partial charge >= 0.3 is 0 Å². The Morgan fingerprint density at radius 1 is 0.975 bits per heavy atom. The summed E-state index contributed by atoms with van der Waals surface area (Å²) in [6, 6.07) is 14.5. The first-order valence-electron chi connectivity index (χ1n) is 14.4. The van der Waals surface area contributed by atoms with E-state index in [-0.39, 0.29) is 24.4 Å². The summed E-state index contributed by atoms with van der Waals surface area (Å²) in [6.07, 6.45) is 5.45. The molecule has 10 nitrogen and oxygen atoms in total. The molecule has 1 saturated carbocycles. The van der Waals surface area contributed by atoms with E-state index in [0.717, 1.165) is 80.2 Å². The average molecular weight is 542 g/mol. The molecule has 0 amide bonds. The first kappa shape index (κ1) is 25.2. The first-order chi connectivity index (χ1) is 19.7. The van der Waals surface area contributed by atoms with Crippen molar-refractivity contribution in [3.05, 3.63) is 75.3 Å². The van der Waals surface area contributed by atoms with E-state index in [0.29, 0.717) is 5.56 Å². The van der Waals surface area contributed by atoms with Gasteiger partial charge < -0.3 is 14.5 Å². The maximum atomic E-state index is 13.6. The third-order valence-electron chi connectivity index (χ3n) is 8.69. The summed E-state index contributed by atoms with van der Waals surface area (Å²) in [7, 11) is 0. The van der Waals surface area contributed by atoms with Crippen molar-refractivity contribution < 1.29 is 9.47 Å². The number of ether oxygens (including phenoxy) is 2. The van der Waals surface area contributed by atoms with Crippen molar-refractivity contribution in [2.75, 3.05) is 33.0 Å². The molecule has 10 heteroatoms. The van der Waals surface area contributed by atoms with Gasteiger partial charge in [-0.3, -0.25) is 14.6 Å². The number of tetrazole rings is 1. The molecule has 4 heterocycles. The minimum atomic E-state index is -0.318. The van der Waals surface area contributed by atoms with Crippen LogP contribution in [0.4, 0.5) is 0 Å². The fourth-order valence-electron chi connectivity index (χ4n) is 6.46. The zero-order valence-corrected chi connectivity index (χ0v) is 22.9. The van der Waals surface area contributed by atoms with Gasteiger partial charge in [0.15, 0.2) is 17.3 Å². The number of nitrogens with zero attached hydrogens (tertiary/aromatic N) is 6. The minimum Gasteiger partial charge on any atom is -0.454 e. The number of aromatic nitrogens is 5. The molecule has 0 radical (unpaired) electrons. The molecular weight excluding hydrogens is 506 g/mol. The zero-order chi connectivity index (χ0) is 27.1. The number of H-pyrrole nitrogens is 1. The number of nitrogens with one attached hydrogen (secondary N) is 1. The van der Waals surface area contributed by atoms with E-state index >= 15 is 0 Å². The summed E-state index contributed by atoms with van der Waals surface area (Å²) in [5, 5.41) is 14.2. The van der Waals surface area contributed by atoms with Crippen LogP contribution in [0.5, 0.6) is 11.5 Å². The average Bonchev–Trinajstić information content (AvgIpc) is 3.76. The molecule has 3 aliphatic rings. The van der Waals surface area contributed by atoms with Gasteiger partial charge in [-0.1, -0.05) is 31.9 Å². The van der Waals surface area contributed by atoms with Crippen molar-refractivity contribution in [2.45, 2.75) is 57.7 Å². The Morgan fingerprint density at radius 2 is 1.77 bits per heavy atom. The summed E-state index contributed by atoms with van der Waals surface area (Å²) in [5.74, 6) is 2.40. The molecule has 1 atom stereocenters. The predicted molar refractivity (Wildman–Crippen MR) is 151 cm³/mol. The number of hydrogen-bond donors (Lipinski definition) is 1. The Kier molecular flexibility index (Phi) is 6.73. The smallest absolute Gasteiger partial charge is 0.253 e. The van der Waals surface area contributed by atoms with Crippen molar-refractivity contribution in [3.8, 4) is 11.5 Å². The predicted octanol–water partition coefficient (Wildman–Crippen LogP) is 3.83. The third-order valence-corrected chi connectivity index (χ3v) is 8.69. The number of fused-ring (bicyclic) bond motifs is 2. The Bertz CT molecular complexity index is 1570. The van der Waals surface area contributed by atoms with Gasteiger partial charge in [0.25, 0.3) is 5.56 Å². The van der Waals surface area contributed by atoms with Crippen molar-refractivity contribution in [3.63, 3.8) is 0 Å². The monoisotopic (exact) mass is 541 g/mol. The summed E-state index contributed by atoms with van der Waals surface area (Å²) >= 11 is 0. The van der Waals surface area contributed by atoms with Crippen LogP contribution in [-0.2, 0) is 13.0 Å². The molecule has 2 aromatic heterocycles. The second-order valence-corrected chi connectivity index (χ2v) is 11.2. The van der Waals surface area contributed by atoms with Crippen LogP contribution in [0.25, 0.3) is 10.9 Å². The van der Waals surface area contributed by atoms with Gasteiger partial charge in [-0.15, -0.1) is 5.10 Å². The van der Waals surface area contributed by atoms with Gasteiger partial charge in [-0.05, 0) is 76.5 Å². The van der Waals surface area contributed by atoms with Crippen LogP contribution in [0.3, 0.4) is 0 Å². The Morgan fingerprint density at radius 3 is 2.60 bits per heavy atom. The van der Waals surface area contributed by atoms with Crippen molar-refractivity contribution >= 4 is 10.9 Å². The second-order valence-electron chi connectivity index (χ2n) is 11.2. The molecule has 0 bridgehead atoms. The number of aromatic amines is 1. The van der Waals surface area contributed by atoms with Crippen LogP contribution in [0.2, 0.25) is 0 Å². The maximum Gasteiger partial charge on any atom is 0.253 e. The molecule has 208 valence electrons. The summed E-state index contributed by atoms with van der Waals surface area (Å²) in [4.78, 5) is 21.6. The highest BCUT2D eigenvalue weighted by molar-refractivity contribution is 5.80. The van der Waals surface area contributed by atoms with Crippen LogP contribution < -0.4 is 15.0 Å². The highest BCUT2D eigenvalue weighted by Crippen LogP contribution is 2.35. The van der Waals surface area contributed by atoms with E-state index < -0.39 is 0 Å². The molecule has 2 fully saturated rings. The van der Waals surface area contributed by atoms with Crippen molar-refractivity contribution in [1.82, 2.24) is 35.0 Å². The topological polar surface area (TPSA) is 101 Å². The number of rotatable bonds is 7. The molecule has 1 aliphatic carbocycles. The molecule has 0 spiro atoms. The summed E-state index contributed by atoms with van der Waals surface area (Å²) in [5.41, 5.74) is 3.94. The molecule has 1 N–H and O–H groups in total. The molecular formula is C30H35N7O3. The molecule has 1 saturated heterocycles. The molecule has 2 aromatic carbocycles. The van der Waals surface area contributed by atoms with E-state index in [1.807, 2.05) is 16.8 Å². The first-order valence-corrected chi connectivity index (χ1v) is 14.4. The van der Waals surface area contributed by atoms with Crippen LogP contribution >= 0.6 is 0 Å². The van der Waals surface area contributed by atoms with Gasteiger partial charge in [0.05, 0.1) is 6.04 Å². The Hall–Kier alpha value is -3.76. The standard InChI is InChI=1S/C30H35N7O3/c1-2-20-7-9-25-22(15-20)17-24(30(38)31-25)28(29-32-33-34-37(29)23-5-3-4-6-23)36-13-11-35(12-14-36)18-21-8-10-26-27(16-21)40-19-39-26/h7-10,15-17,23,28H,2-6,11-14,18-19H2,1H3,(H,31,38)/t28-/m0/s1. The lowest BCUT2D eigenvalue weighted by Gasteiger charge is -2.39. The lowest BCUT2D eigenvalue weighted by Crippen LogP contribution is -2.48. The molecule has 0 unspecified atom stereocenters. The lowest BCUT2D eigenvalue weighted by molar-refractivity contribution is 0.0988. The highest BCUT2D eigenvalue weighted by atomic mass is 16.7. The number of pyridine rings is 1. The molecule has 2 aliphatic heterocycles. The van der Waals surface area contributed by atoms with Crippen molar-refractivity contribution in [1.29, 1.82) is 0 Å². The van der Waals surface area contributed by atoms with Gasteiger partial charge in [0.2, 0.25) is 6.79 Å². The lowest BCUT2D eigenvalue weighted by atomic mass is 10.0. The van der Waals surface area contributed by atoms with E-state index in [2.05, 4.69) is 67.6 Å². The van der Waals surface area contributed by atoms with E-state index in [4.69, 9.17) is 9.47 Å². The number of hydrogen-bond acceptors (Lipinski definition) is 8. The minimum absolute atomic E-state index is 0.0782. The number of piperazine rings is 1. The van der Waals surface area contributed by atoms with Gasteiger partial charge in [-0.2, -0.15) is 0 Å². The maximum absolute atomic E-state index is 13.6. The number of aryl methyl sites for hydroxylation is 1. The summed E-state index contributed by atoms with van der Waals surface area (Å²) < 4.78 is 13.0. The Labute approximate surface area is 232 Å². The largest absolute Gasteiger partial charge is 0.454 e. The fraction of sp³-hybridized carbons (Fsp3) is 0.467. The van der Waals surface area contributed by atoms with Crippen molar-refractivity contribution in [2.24, 2.45) is 0 Å². The third kappa shape index (κ3) is 4.75.